The lowest BCUT2D eigenvalue weighted by Crippen LogP contribution is -2.11. The highest BCUT2D eigenvalue weighted by Crippen LogP contribution is 2.22. The highest BCUT2D eigenvalue weighted by molar-refractivity contribution is 7.98. The van der Waals surface area contributed by atoms with Gasteiger partial charge in [-0.05, 0) is 30.2 Å². The minimum Gasteiger partial charge on any atom is -0.309 e. The maximum atomic E-state index is 12.2. The fourth-order valence-corrected chi connectivity index (χ4v) is 3.54. The van der Waals surface area contributed by atoms with Crippen molar-refractivity contribution in [3.05, 3.63) is 69.2 Å². The molecule has 0 aliphatic carbocycles. The van der Waals surface area contributed by atoms with Crippen LogP contribution in [0.4, 0.5) is 0 Å². The number of nitrogens with one attached hydrogen (secondary N) is 2. The standard InChI is InChI=1S/C19H16ClN5OS/c1-2-11-3-5-12(6-4-11)17-23-19(25-24-17)27-10-16-21-15-8-7-13(20)9-14(15)18(26)22-16/h3-9H,2,10H2,1H3,(H,21,22,26)(H,23,24,25). The van der Waals surface area contributed by atoms with E-state index < -0.39 is 0 Å². The van der Waals surface area contributed by atoms with Gasteiger partial charge >= 0.3 is 0 Å². The summed E-state index contributed by atoms with van der Waals surface area (Å²) in [5.74, 6) is 1.74. The molecular formula is C19H16ClN5OS. The molecule has 136 valence electrons. The van der Waals surface area contributed by atoms with Crippen molar-refractivity contribution in [2.45, 2.75) is 24.3 Å². The summed E-state index contributed by atoms with van der Waals surface area (Å²) >= 11 is 7.34. The molecule has 6 nitrogen and oxygen atoms in total. The summed E-state index contributed by atoms with van der Waals surface area (Å²) in [5, 5.41) is 8.78. The summed E-state index contributed by atoms with van der Waals surface area (Å²) in [6.07, 6.45) is 1.00. The first kappa shape index (κ1) is 17.8. The van der Waals surface area contributed by atoms with Crippen molar-refractivity contribution in [1.82, 2.24) is 25.1 Å². The molecule has 0 aliphatic rings. The largest absolute Gasteiger partial charge is 0.309 e. The summed E-state index contributed by atoms with van der Waals surface area (Å²) in [5.41, 5.74) is 2.68. The fourth-order valence-electron chi connectivity index (χ4n) is 2.70. The molecule has 2 N–H and O–H groups in total. The van der Waals surface area contributed by atoms with Crippen LogP contribution in [0.15, 0.2) is 52.4 Å². The van der Waals surface area contributed by atoms with Gasteiger partial charge in [-0.3, -0.25) is 9.89 Å². The Morgan fingerprint density at radius 3 is 2.70 bits per heavy atom. The maximum absolute atomic E-state index is 12.2. The number of aromatic amines is 2. The molecule has 4 rings (SSSR count). The number of nitrogens with zero attached hydrogens (tertiary/aromatic N) is 3. The van der Waals surface area contributed by atoms with E-state index in [2.05, 4.69) is 44.2 Å². The molecule has 27 heavy (non-hydrogen) atoms. The second kappa shape index (κ2) is 7.54. The van der Waals surface area contributed by atoms with Gasteiger partial charge in [0.15, 0.2) is 5.82 Å². The van der Waals surface area contributed by atoms with E-state index in [-0.39, 0.29) is 5.56 Å². The van der Waals surface area contributed by atoms with E-state index in [9.17, 15) is 4.79 Å². The fraction of sp³-hybridized carbons (Fsp3) is 0.158. The van der Waals surface area contributed by atoms with E-state index in [1.54, 1.807) is 18.2 Å². The third-order valence-electron chi connectivity index (χ3n) is 4.15. The average Bonchev–Trinajstić information content (AvgIpc) is 3.16. The van der Waals surface area contributed by atoms with Crippen LogP contribution in [-0.4, -0.2) is 25.1 Å². The molecule has 0 radical (unpaired) electrons. The molecular weight excluding hydrogens is 382 g/mol. The molecule has 0 saturated carbocycles. The number of hydrogen-bond acceptors (Lipinski definition) is 5. The first-order valence-corrected chi connectivity index (χ1v) is 9.81. The summed E-state index contributed by atoms with van der Waals surface area (Å²) in [6, 6.07) is 13.3. The first-order valence-electron chi connectivity index (χ1n) is 8.45. The topological polar surface area (TPSA) is 87.3 Å². The van der Waals surface area contributed by atoms with Crippen molar-refractivity contribution in [2.75, 3.05) is 0 Å². The molecule has 0 unspecified atom stereocenters. The van der Waals surface area contributed by atoms with Gasteiger partial charge in [0.05, 0.1) is 16.7 Å². The van der Waals surface area contributed by atoms with Gasteiger partial charge in [0.25, 0.3) is 5.56 Å². The molecule has 0 fully saturated rings. The second-order valence-corrected chi connectivity index (χ2v) is 7.36. The van der Waals surface area contributed by atoms with Gasteiger partial charge in [-0.25, -0.2) is 9.97 Å². The Hall–Kier alpha value is -2.64. The van der Waals surface area contributed by atoms with Crippen molar-refractivity contribution >= 4 is 34.3 Å². The number of rotatable bonds is 5. The van der Waals surface area contributed by atoms with Gasteiger partial charge in [-0.2, -0.15) is 0 Å². The van der Waals surface area contributed by atoms with E-state index in [4.69, 9.17) is 11.6 Å². The van der Waals surface area contributed by atoms with Gasteiger partial charge < -0.3 is 4.98 Å². The van der Waals surface area contributed by atoms with E-state index in [0.717, 1.165) is 17.8 Å². The first-order chi connectivity index (χ1) is 13.1. The minimum atomic E-state index is -0.204. The van der Waals surface area contributed by atoms with Crippen LogP contribution < -0.4 is 5.56 Å². The maximum Gasteiger partial charge on any atom is 0.258 e. The van der Waals surface area contributed by atoms with Gasteiger partial charge in [0.2, 0.25) is 5.16 Å². The number of aryl methyl sites for hydroxylation is 1. The van der Waals surface area contributed by atoms with Crippen molar-refractivity contribution in [3.63, 3.8) is 0 Å². The van der Waals surface area contributed by atoms with Crippen LogP contribution in [0.1, 0.15) is 18.3 Å². The number of H-pyrrole nitrogens is 2. The van der Waals surface area contributed by atoms with E-state index in [1.807, 2.05) is 12.1 Å². The minimum absolute atomic E-state index is 0.204. The Morgan fingerprint density at radius 2 is 1.93 bits per heavy atom. The van der Waals surface area contributed by atoms with Gasteiger partial charge in [0.1, 0.15) is 5.82 Å². The van der Waals surface area contributed by atoms with E-state index >= 15 is 0 Å². The van der Waals surface area contributed by atoms with Crippen molar-refractivity contribution < 1.29 is 0 Å². The van der Waals surface area contributed by atoms with Crippen LogP contribution in [0.2, 0.25) is 5.02 Å². The van der Waals surface area contributed by atoms with Crippen LogP contribution >= 0.6 is 23.4 Å². The Kier molecular flexibility index (Phi) is 4.96. The SMILES string of the molecule is CCc1ccc(-c2nc(SCc3nc4ccc(Cl)cc4c(=O)[nH]3)n[nH]2)cc1. The molecule has 2 heterocycles. The lowest BCUT2D eigenvalue weighted by Gasteiger charge is -2.02. The Morgan fingerprint density at radius 1 is 1.11 bits per heavy atom. The lowest BCUT2D eigenvalue weighted by atomic mass is 10.1. The quantitative estimate of drug-likeness (QED) is 0.492. The van der Waals surface area contributed by atoms with Crippen LogP contribution in [0.25, 0.3) is 22.3 Å². The van der Waals surface area contributed by atoms with Crippen molar-refractivity contribution in [1.29, 1.82) is 0 Å². The molecule has 0 saturated heterocycles. The van der Waals surface area contributed by atoms with Crippen LogP contribution in [0.3, 0.4) is 0 Å². The summed E-state index contributed by atoms with van der Waals surface area (Å²) in [6.45, 7) is 2.12. The summed E-state index contributed by atoms with van der Waals surface area (Å²) in [4.78, 5) is 24.0. The molecule has 0 spiro atoms. The monoisotopic (exact) mass is 397 g/mol. The third-order valence-corrected chi connectivity index (χ3v) is 5.25. The highest BCUT2D eigenvalue weighted by Gasteiger charge is 2.09. The molecule has 0 amide bonds. The van der Waals surface area contributed by atoms with Crippen LogP contribution in [-0.2, 0) is 12.2 Å². The number of benzene rings is 2. The Labute approximate surface area is 164 Å². The van der Waals surface area contributed by atoms with Gasteiger partial charge in [0, 0.05) is 10.6 Å². The predicted octanol–water partition coefficient (Wildman–Crippen LogP) is 4.22. The molecule has 8 heteroatoms. The zero-order chi connectivity index (χ0) is 18.8. The zero-order valence-electron chi connectivity index (χ0n) is 14.5. The Bertz CT molecular complexity index is 1150. The normalized spacial score (nSPS) is 11.2. The number of hydrogen-bond donors (Lipinski definition) is 2. The number of thioether (sulfide) groups is 1. The van der Waals surface area contributed by atoms with Crippen LogP contribution in [0.5, 0.6) is 0 Å². The molecule has 0 atom stereocenters. The van der Waals surface area contributed by atoms with Crippen molar-refractivity contribution in [3.8, 4) is 11.4 Å². The van der Waals surface area contributed by atoms with Gasteiger partial charge in [-0.1, -0.05) is 54.6 Å². The molecule has 2 aromatic carbocycles. The number of halogens is 1. The predicted molar refractivity (Wildman–Crippen MR) is 108 cm³/mol. The number of aromatic nitrogens is 5. The summed E-state index contributed by atoms with van der Waals surface area (Å²) < 4.78 is 0. The summed E-state index contributed by atoms with van der Waals surface area (Å²) in [7, 11) is 0. The molecule has 0 bridgehead atoms. The molecule has 2 aromatic heterocycles. The van der Waals surface area contributed by atoms with Crippen LogP contribution in [0, 0.1) is 0 Å². The van der Waals surface area contributed by atoms with E-state index in [1.165, 1.54) is 17.3 Å². The molecule has 4 aromatic rings. The van der Waals surface area contributed by atoms with Crippen molar-refractivity contribution in [2.24, 2.45) is 0 Å². The number of fused-ring (bicyclic) bond motifs is 1. The smallest absolute Gasteiger partial charge is 0.258 e. The van der Waals surface area contributed by atoms with E-state index in [0.29, 0.717) is 32.7 Å². The lowest BCUT2D eigenvalue weighted by molar-refractivity contribution is 0.966. The third kappa shape index (κ3) is 3.89. The highest BCUT2D eigenvalue weighted by atomic mass is 35.5. The zero-order valence-corrected chi connectivity index (χ0v) is 16.1. The average molecular weight is 398 g/mol. The Balaban J connectivity index is 1.50. The van der Waals surface area contributed by atoms with Gasteiger partial charge in [-0.15, -0.1) is 5.10 Å². The second-order valence-electron chi connectivity index (χ2n) is 5.98. The molecule has 0 aliphatic heterocycles.